The molecule has 1 N–H and O–H groups in total. The van der Waals surface area contributed by atoms with Crippen LogP contribution in [0, 0.1) is 5.82 Å². The summed E-state index contributed by atoms with van der Waals surface area (Å²) >= 11 is 0. The van der Waals surface area contributed by atoms with E-state index < -0.39 is 0 Å². The van der Waals surface area contributed by atoms with Crippen molar-refractivity contribution in [2.75, 3.05) is 30.4 Å². The van der Waals surface area contributed by atoms with Crippen LogP contribution in [0.15, 0.2) is 54.9 Å². The monoisotopic (exact) mass is 431 g/mol. The number of nitrogens with zero attached hydrogens (tertiary/aromatic N) is 4. The minimum absolute atomic E-state index is 0.0285. The van der Waals surface area contributed by atoms with Crippen LogP contribution in [0.4, 0.5) is 21.6 Å². The highest BCUT2D eigenvalue weighted by molar-refractivity contribution is 5.95. The molecule has 2 aliphatic rings. The predicted molar refractivity (Wildman–Crippen MR) is 123 cm³/mol. The molecule has 0 radical (unpaired) electrons. The number of aromatic nitrogens is 2. The summed E-state index contributed by atoms with van der Waals surface area (Å²) < 4.78 is 13.0. The lowest BCUT2D eigenvalue weighted by Crippen LogP contribution is -2.31. The number of carbonyl (C=O) groups excluding carboxylic acids is 1. The maximum Gasteiger partial charge on any atom is 0.254 e. The fraction of sp³-hybridized carbons (Fsp3) is 0.320. The number of pyridine rings is 2. The zero-order chi connectivity index (χ0) is 22.1. The van der Waals surface area contributed by atoms with Gasteiger partial charge in [-0.1, -0.05) is 0 Å². The molecule has 32 heavy (non-hydrogen) atoms. The third-order valence-corrected chi connectivity index (χ3v) is 6.32. The summed E-state index contributed by atoms with van der Waals surface area (Å²) in [5.74, 6) is 0.251. The average Bonchev–Trinajstić information content (AvgIpc) is 3.30. The number of nitrogens with one attached hydrogen (secondary N) is 1. The van der Waals surface area contributed by atoms with Crippen LogP contribution in [0.25, 0.3) is 0 Å². The average molecular weight is 432 g/mol. The molecule has 1 unspecified atom stereocenters. The Bertz CT molecular complexity index is 1120. The van der Waals surface area contributed by atoms with Gasteiger partial charge < -0.3 is 15.1 Å². The smallest absolute Gasteiger partial charge is 0.254 e. The first-order valence-electron chi connectivity index (χ1n) is 11.1. The van der Waals surface area contributed by atoms with Crippen molar-refractivity contribution in [1.82, 2.24) is 14.9 Å². The highest BCUT2D eigenvalue weighted by Crippen LogP contribution is 2.34. The number of anilines is 3. The van der Waals surface area contributed by atoms with Crippen molar-refractivity contribution in [3.63, 3.8) is 0 Å². The number of hydrogen-bond donors (Lipinski definition) is 1. The predicted octanol–water partition coefficient (Wildman–Crippen LogP) is 4.72. The quantitative estimate of drug-likeness (QED) is 0.648. The van der Waals surface area contributed by atoms with E-state index in [4.69, 9.17) is 0 Å². The molecule has 0 saturated carbocycles. The largest absolute Gasteiger partial charge is 0.374 e. The SMILES string of the molecule is CN1CCCc2cc(C(=O)N3CCCC3c3ccc(Nc4ccc(F)cn4)cn3)ccc21. The van der Waals surface area contributed by atoms with Crippen molar-refractivity contribution in [3.8, 4) is 0 Å². The lowest BCUT2D eigenvalue weighted by atomic mass is 9.99. The van der Waals surface area contributed by atoms with E-state index in [1.807, 2.05) is 23.1 Å². The lowest BCUT2D eigenvalue weighted by molar-refractivity contribution is 0.0733. The van der Waals surface area contributed by atoms with Crippen LogP contribution in [0.3, 0.4) is 0 Å². The van der Waals surface area contributed by atoms with Crippen molar-refractivity contribution in [3.05, 3.63) is 77.5 Å². The molecule has 0 spiro atoms. The fourth-order valence-electron chi connectivity index (χ4n) is 4.68. The highest BCUT2D eigenvalue weighted by atomic mass is 19.1. The summed E-state index contributed by atoms with van der Waals surface area (Å²) in [5, 5.41) is 3.12. The number of hydrogen-bond acceptors (Lipinski definition) is 5. The summed E-state index contributed by atoms with van der Waals surface area (Å²) in [6.45, 7) is 1.80. The van der Waals surface area contributed by atoms with Crippen LogP contribution in [-0.4, -0.2) is 40.9 Å². The molecule has 7 heteroatoms. The highest BCUT2D eigenvalue weighted by Gasteiger charge is 2.32. The van der Waals surface area contributed by atoms with Gasteiger partial charge in [0.25, 0.3) is 5.91 Å². The molecule has 1 aromatic carbocycles. The third-order valence-electron chi connectivity index (χ3n) is 6.32. The van der Waals surface area contributed by atoms with Gasteiger partial charge in [-0.25, -0.2) is 9.37 Å². The van der Waals surface area contributed by atoms with Gasteiger partial charge in [0.1, 0.15) is 11.6 Å². The molecule has 1 amide bonds. The van der Waals surface area contributed by atoms with Crippen LogP contribution in [0.2, 0.25) is 0 Å². The summed E-state index contributed by atoms with van der Waals surface area (Å²) in [6, 6.07) is 12.9. The van der Waals surface area contributed by atoms with E-state index >= 15 is 0 Å². The number of fused-ring (bicyclic) bond motifs is 1. The van der Waals surface area contributed by atoms with Gasteiger partial charge in [-0.15, -0.1) is 0 Å². The van der Waals surface area contributed by atoms with Gasteiger partial charge in [0.05, 0.1) is 29.8 Å². The molecular weight excluding hydrogens is 405 g/mol. The molecule has 2 aromatic heterocycles. The van der Waals surface area contributed by atoms with E-state index in [0.717, 1.165) is 55.7 Å². The van der Waals surface area contributed by atoms with E-state index in [-0.39, 0.29) is 17.8 Å². The van der Waals surface area contributed by atoms with Gasteiger partial charge in [-0.05, 0) is 73.7 Å². The third kappa shape index (κ3) is 4.02. The molecule has 0 aliphatic carbocycles. The second kappa shape index (κ2) is 8.57. The normalized spacial score (nSPS) is 17.9. The van der Waals surface area contributed by atoms with Gasteiger partial charge in [0.15, 0.2) is 0 Å². The Balaban J connectivity index is 1.32. The van der Waals surface area contributed by atoms with E-state index in [2.05, 4.69) is 39.4 Å². The van der Waals surface area contributed by atoms with Gasteiger partial charge in [-0.3, -0.25) is 9.78 Å². The first kappa shape index (κ1) is 20.4. The van der Waals surface area contributed by atoms with Crippen molar-refractivity contribution < 1.29 is 9.18 Å². The van der Waals surface area contributed by atoms with Gasteiger partial charge in [0, 0.05) is 31.4 Å². The van der Waals surface area contributed by atoms with E-state index in [1.165, 1.54) is 23.5 Å². The van der Waals surface area contributed by atoms with Crippen molar-refractivity contribution in [1.29, 1.82) is 0 Å². The van der Waals surface area contributed by atoms with Crippen LogP contribution in [0.1, 0.15) is 46.9 Å². The summed E-state index contributed by atoms with van der Waals surface area (Å²) in [4.78, 5) is 26.2. The Labute approximate surface area is 187 Å². The Morgan fingerprint density at radius 2 is 1.97 bits per heavy atom. The molecular formula is C25H26FN5O. The number of aryl methyl sites for hydroxylation is 1. The van der Waals surface area contributed by atoms with Crippen molar-refractivity contribution >= 4 is 23.1 Å². The zero-order valence-corrected chi connectivity index (χ0v) is 18.1. The van der Waals surface area contributed by atoms with E-state index in [1.54, 1.807) is 12.3 Å². The minimum Gasteiger partial charge on any atom is -0.374 e. The van der Waals surface area contributed by atoms with Gasteiger partial charge in [-0.2, -0.15) is 0 Å². The van der Waals surface area contributed by atoms with Gasteiger partial charge >= 0.3 is 0 Å². The number of likely N-dealkylation sites (tertiary alicyclic amines) is 1. The maximum atomic E-state index is 13.4. The van der Waals surface area contributed by atoms with Crippen molar-refractivity contribution in [2.45, 2.75) is 31.7 Å². The molecule has 164 valence electrons. The fourth-order valence-corrected chi connectivity index (χ4v) is 4.68. The molecule has 6 nitrogen and oxygen atoms in total. The second-order valence-corrected chi connectivity index (χ2v) is 8.48. The Morgan fingerprint density at radius 3 is 2.75 bits per heavy atom. The number of rotatable bonds is 4. The maximum absolute atomic E-state index is 13.4. The topological polar surface area (TPSA) is 61.4 Å². The summed E-state index contributed by atoms with van der Waals surface area (Å²) in [6.07, 6.45) is 6.90. The molecule has 2 aliphatic heterocycles. The standard InChI is InChI=1S/C25H26FN5O/c1-30-12-2-4-17-14-18(6-10-22(17)30)25(32)31-13-3-5-23(31)21-9-8-20(16-27-21)29-24-11-7-19(26)15-28-24/h6-11,14-16,23H,2-5,12-13H2,1H3,(H,28,29). The minimum atomic E-state index is -0.374. The van der Waals surface area contributed by atoms with Crippen molar-refractivity contribution in [2.24, 2.45) is 0 Å². The molecule has 1 fully saturated rings. The van der Waals surface area contributed by atoms with Crippen LogP contribution < -0.4 is 10.2 Å². The Morgan fingerprint density at radius 1 is 1.06 bits per heavy atom. The first-order chi connectivity index (χ1) is 15.6. The van der Waals surface area contributed by atoms with Crippen LogP contribution >= 0.6 is 0 Å². The molecule has 5 rings (SSSR count). The van der Waals surface area contributed by atoms with Crippen LogP contribution in [0.5, 0.6) is 0 Å². The lowest BCUT2D eigenvalue weighted by Gasteiger charge is -2.29. The second-order valence-electron chi connectivity index (χ2n) is 8.48. The molecule has 0 bridgehead atoms. The summed E-state index contributed by atoms with van der Waals surface area (Å²) in [7, 11) is 2.10. The zero-order valence-electron chi connectivity index (χ0n) is 18.1. The molecule has 1 atom stereocenters. The molecule has 3 aromatic rings. The van der Waals surface area contributed by atoms with E-state index in [0.29, 0.717) is 5.82 Å². The molecule has 1 saturated heterocycles. The summed E-state index contributed by atoms with van der Waals surface area (Å²) in [5.41, 5.74) is 4.88. The number of carbonyl (C=O) groups is 1. The Hall–Kier alpha value is -3.48. The number of amides is 1. The van der Waals surface area contributed by atoms with Gasteiger partial charge in [0.2, 0.25) is 0 Å². The van der Waals surface area contributed by atoms with E-state index in [9.17, 15) is 9.18 Å². The number of benzene rings is 1. The van der Waals surface area contributed by atoms with Crippen LogP contribution in [-0.2, 0) is 6.42 Å². The number of halogens is 1. The first-order valence-corrected chi connectivity index (χ1v) is 11.1. The Kier molecular flexibility index (Phi) is 5.47. The molecule has 4 heterocycles.